The van der Waals surface area contributed by atoms with Crippen LogP contribution in [0.5, 0.6) is 0 Å². The standard InChI is InChI=1S/C18H35N3O3/c1-3-19-18(20-12-17(22)14-24-13-16-4-5-16)21(2)9-6-15-7-10-23-11-8-15/h15-17,22H,3-14H2,1-2H3,(H,19,20). The summed E-state index contributed by atoms with van der Waals surface area (Å²) < 4.78 is 11.0. The van der Waals surface area contributed by atoms with Gasteiger partial charge in [-0.05, 0) is 50.9 Å². The van der Waals surface area contributed by atoms with Gasteiger partial charge in [-0.1, -0.05) is 0 Å². The maximum Gasteiger partial charge on any atom is 0.193 e. The molecule has 1 unspecified atom stereocenters. The van der Waals surface area contributed by atoms with Gasteiger partial charge >= 0.3 is 0 Å². The Balaban J connectivity index is 1.68. The SMILES string of the molecule is CCNC(=NCC(O)COCC1CC1)N(C)CCC1CCOCC1. The summed E-state index contributed by atoms with van der Waals surface area (Å²) in [5.41, 5.74) is 0. The summed E-state index contributed by atoms with van der Waals surface area (Å²) in [6.07, 6.45) is 5.52. The van der Waals surface area contributed by atoms with Crippen LogP contribution in [-0.4, -0.2) is 75.2 Å². The minimum Gasteiger partial charge on any atom is -0.389 e. The van der Waals surface area contributed by atoms with Gasteiger partial charge in [-0.25, -0.2) is 0 Å². The fraction of sp³-hybridized carbons (Fsp3) is 0.944. The molecular weight excluding hydrogens is 306 g/mol. The summed E-state index contributed by atoms with van der Waals surface area (Å²) >= 11 is 0. The highest BCUT2D eigenvalue weighted by Gasteiger charge is 2.21. The molecule has 140 valence electrons. The number of aliphatic hydroxyl groups is 1. The van der Waals surface area contributed by atoms with E-state index in [1.807, 2.05) is 0 Å². The van der Waals surface area contributed by atoms with Crippen LogP contribution >= 0.6 is 0 Å². The lowest BCUT2D eigenvalue weighted by molar-refractivity contribution is 0.0367. The molecule has 2 aliphatic rings. The maximum absolute atomic E-state index is 10.0. The van der Waals surface area contributed by atoms with Crippen molar-refractivity contribution in [3.63, 3.8) is 0 Å². The Bertz CT molecular complexity index is 369. The predicted molar refractivity (Wildman–Crippen MR) is 96.3 cm³/mol. The highest BCUT2D eigenvalue weighted by atomic mass is 16.5. The van der Waals surface area contributed by atoms with Gasteiger partial charge in [0.1, 0.15) is 0 Å². The second kappa shape index (κ2) is 10.9. The minimum absolute atomic E-state index is 0.380. The summed E-state index contributed by atoms with van der Waals surface area (Å²) in [4.78, 5) is 6.73. The topological polar surface area (TPSA) is 66.3 Å². The monoisotopic (exact) mass is 341 g/mol. The number of nitrogens with one attached hydrogen (secondary N) is 1. The minimum atomic E-state index is -0.527. The summed E-state index contributed by atoms with van der Waals surface area (Å²) in [6, 6.07) is 0. The predicted octanol–water partition coefficient (Wildman–Crippen LogP) is 1.49. The van der Waals surface area contributed by atoms with Crippen LogP contribution in [0, 0.1) is 11.8 Å². The molecule has 1 aliphatic carbocycles. The van der Waals surface area contributed by atoms with E-state index in [-0.39, 0.29) is 0 Å². The first kappa shape index (κ1) is 19.5. The van der Waals surface area contributed by atoms with Crippen LogP contribution < -0.4 is 5.32 Å². The molecule has 0 radical (unpaired) electrons. The van der Waals surface area contributed by atoms with Crippen molar-refractivity contribution in [1.82, 2.24) is 10.2 Å². The first-order chi connectivity index (χ1) is 11.7. The third-order valence-electron chi connectivity index (χ3n) is 4.72. The van der Waals surface area contributed by atoms with Gasteiger partial charge < -0.3 is 24.8 Å². The van der Waals surface area contributed by atoms with Gasteiger partial charge in [0.15, 0.2) is 5.96 Å². The maximum atomic E-state index is 10.0. The van der Waals surface area contributed by atoms with Crippen molar-refractivity contribution >= 4 is 5.96 Å². The first-order valence-electron chi connectivity index (χ1n) is 9.52. The molecule has 24 heavy (non-hydrogen) atoms. The van der Waals surface area contributed by atoms with E-state index in [9.17, 15) is 5.11 Å². The molecule has 1 atom stereocenters. The van der Waals surface area contributed by atoms with Gasteiger partial charge in [0.25, 0.3) is 0 Å². The van der Waals surface area contributed by atoms with E-state index in [2.05, 4.69) is 29.2 Å². The molecule has 2 rings (SSSR count). The third-order valence-corrected chi connectivity index (χ3v) is 4.72. The van der Waals surface area contributed by atoms with Crippen molar-refractivity contribution in [2.75, 3.05) is 53.1 Å². The quantitative estimate of drug-likeness (QED) is 0.465. The second-order valence-corrected chi connectivity index (χ2v) is 7.10. The van der Waals surface area contributed by atoms with Crippen LogP contribution in [0.3, 0.4) is 0 Å². The number of rotatable bonds is 10. The van der Waals surface area contributed by atoms with Gasteiger partial charge in [-0.3, -0.25) is 4.99 Å². The van der Waals surface area contributed by atoms with E-state index >= 15 is 0 Å². The normalized spacial score (nSPS) is 20.9. The van der Waals surface area contributed by atoms with Gasteiger partial charge in [0.2, 0.25) is 0 Å². The Morgan fingerprint density at radius 2 is 2.04 bits per heavy atom. The number of hydrogen-bond acceptors (Lipinski definition) is 4. The number of guanidine groups is 1. The highest BCUT2D eigenvalue weighted by Crippen LogP contribution is 2.28. The summed E-state index contributed by atoms with van der Waals surface area (Å²) in [6.45, 7) is 7.22. The van der Waals surface area contributed by atoms with Gasteiger partial charge in [0, 0.05) is 40.0 Å². The van der Waals surface area contributed by atoms with Gasteiger partial charge in [-0.2, -0.15) is 0 Å². The molecule has 0 spiro atoms. The van der Waals surface area contributed by atoms with Crippen molar-refractivity contribution in [3.05, 3.63) is 0 Å². The lowest BCUT2D eigenvalue weighted by Gasteiger charge is -2.27. The van der Waals surface area contributed by atoms with Crippen LogP contribution in [0.2, 0.25) is 0 Å². The zero-order valence-electron chi connectivity index (χ0n) is 15.4. The molecule has 0 amide bonds. The highest BCUT2D eigenvalue weighted by molar-refractivity contribution is 5.79. The third kappa shape index (κ3) is 7.81. The van der Waals surface area contributed by atoms with Crippen molar-refractivity contribution < 1.29 is 14.6 Å². The molecule has 2 fully saturated rings. The van der Waals surface area contributed by atoms with Crippen LogP contribution in [0.15, 0.2) is 4.99 Å². The zero-order valence-corrected chi connectivity index (χ0v) is 15.4. The van der Waals surface area contributed by atoms with E-state index in [1.165, 1.54) is 25.7 Å². The Morgan fingerprint density at radius 1 is 1.29 bits per heavy atom. The zero-order chi connectivity index (χ0) is 17.2. The molecule has 1 aliphatic heterocycles. The average molecular weight is 341 g/mol. The van der Waals surface area contributed by atoms with Crippen LogP contribution in [0.1, 0.15) is 39.0 Å². The first-order valence-corrected chi connectivity index (χ1v) is 9.52. The molecule has 1 saturated heterocycles. The summed E-state index contributed by atoms with van der Waals surface area (Å²) in [7, 11) is 2.07. The molecule has 0 aromatic carbocycles. The number of hydrogen-bond donors (Lipinski definition) is 2. The molecule has 0 bridgehead atoms. The number of aliphatic hydroxyl groups excluding tert-OH is 1. The molecule has 0 aromatic rings. The van der Waals surface area contributed by atoms with Crippen LogP contribution in [-0.2, 0) is 9.47 Å². The van der Waals surface area contributed by atoms with Gasteiger partial charge in [-0.15, -0.1) is 0 Å². The number of aliphatic imine (C=N–C) groups is 1. The Hall–Kier alpha value is -0.850. The van der Waals surface area contributed by atoms with Crippen LogP contribution in [0.25, 0.3) is 0 Å². The number of ether oxygens (including phenoxy) is 2. The van der Waals surface area contributed by atoms with Crippen molar-refractivity contribution in [2.24, 2.45) is 16.8 Å². The Kier molecular flexibility index (Phi) is 8.84. The molecule has 0 aromatic heterocycles. The fourth-order valence-corrected chi connectivity index (χ4v) is 2.89. The molecule has 6 heteroatoms. The fourth-order valence-electron chi connectivity index (χ4n) is 2.89. The van der Waals surface area contributed by atoms with E-state index in [1.54, 1.807) is 0 Å². The van der Waals surface area contributed by atoms with E-state index < -0.39 is 6.10 Å². The molecule has 1 heterocycles. The van der Waals surface area contributed by atoms with Gasteiger partial charge in [0.05, 0.1) is 19.3 Å². The largest absolute Gasteiger partial charge is 0.389 e. The number of nitrogens with zero attached hydrogens (tertiary/aromatic N) is 2. The lowest BCUT2D eigenvalue weighted by Crippen LogP contribution is -2.40. The molecule has 1 saturated carbocycles. The Morgan fingerprint density at radius 3 is 2.71 bits per heavy atom. The summed E-state index contributed by atoms with van der Waals surface area (Å²) in [5, 5.41) is 13.3. The lowest BCUT2D eigenvalue weighted by atomic mass is 9.96. The van der Waals surface area contributed by atoms with Crippen molar-refractivity contribution in [1.29, 1.82) is 0 Å². The van der Waals surface area contributed by atoms with Crippen LogP contribution in [0.4, 0.5) is 0 Å². The molecule has 2 N–H and O–H groups in total. The molecule has 6 nitrogen and oxygen atoms in total. The molecular formula is C18H35N3O3. The smallest absolute Gasteiger partial charge is 0.193 e. The second-order valence-electron chi connectivity index (χ2n) is 7.10. The van der Waals surface area contributed by atoms with E-state index in [0.717, 1.165) is 57.1 Å². The summed E-state index contributed by atoms with van der Waals surface area (Å²) in [5.74, 6) is 2.35. The van der Waals surface area contributed by atoms with Crippen molar-refractivity contribution in [2.45, 2.75) is 45.1 Å². The van der Waals surface area contributed by atoms with Crippen molar-refractivity contribution in [3.8, 4) is 0 Å². The van der Waals surface area contributed by atoms with E-state index in [0.29, 0.717) is 13.2 Å². The van der Waals surface area contributed by atoms with E-state index in [4.69, 9.17) is 9.47 Å². The Labute approximate surface area is 146 Å². The average Bonchev–Trinajstić information content (AvgIpc) is 3.41.